The van der Waals surface area contributed by atoms with Crippen LogP contribution in [0.4, 0.5) is 4.79 Å². The van der Waals surface area contributed by atoms with Gasteiger partial charge in [-0.25, -0.2) is 4.79 Å². The van der Waals surface area contributed by atoms with E-state index < -0.39 is 11.7 Å². The molecule has 190 valence electrons. The summed E-state index contributed by atoms with van der Waals surface area (Å²) in [6.07, 6.45) is 0.356. The number of piperazine rings is 1. The van der Waals surface area contributed by atoms with Crippen LogP contribution >= 0.6 is 0 Å². The lowest BCUT2D eigenvalue weighted by atomic mass is 9.89. The minimum atomic E-state index is -0.573. The highest BCUT2D eigenvalue weighted by molar-refractivity contribution is 5.79. The molecule has 2 amide bonds. The van der Waals surface area contributed by atoms with Crippen LogP contribution in [-0.2, 0) is 29.0 Å². The second-order valence-electron chi connectivity index (χ2n) is 10.9. The summed E-state index contributed by atoms with van der Waals surface area (Å²) < 4.78 is 5.51. The molecule has 1 fully saturated rings. The number of nitrogens with one attached hydrogen (secondary N) is 2. The Hall–Kier alpha value is -2.93. The van der Waals surface area contributed by atoms with Crippen LogP contribution in [0.15, 0.2) is 24.3 Å². The molecule has 0 unspecified atom stereocenters. The first-order chi connectivity index (χ1) is 16.4. The van der Waals surface area contributed by atoms with Gasteiger partial charge in [-0.2, -0.15) is 0 Å². The Labute approximate surface area is 209 Å². The lowest BCUT2D eigenvalue weighted by Gasteiger charge is -2.29. The first kappa shape index (κ1) is 26.7. The molecule has 7 nitrogen and oxygen atoms in total. The van der Waals surface area contributed by atoms with Gasteiger partial charge in [-0.15, -0.1) is 0 Å². The van der Waals surface area contributed by atoms with Crippen molar-refractivity contribution in [2.75, 3.05) is 19.6 Å². The molecule has 35 heavy (non-hydrogen) atoms. The number of rotatable bonds is 7. The summed E-state index contributed by atoms with van der Waals surface area (Å²) in [5, 5.41) is 5.87. The van der Waals surface area contributed by atoms with Crippen LogP contribution in [0.5, 0.6) is 0 Å². The first-order valence-corrected chi connectivity index (χ1v) is 12.5. The quantitative estimate of drug-likeness (QED) is 0.609. The van der Waals surface area contributed by atoms with Crippen molar-refractivity contribution < 1.29 is 14.3 Å². The largest absolute Gasteiger partial charge is 0.444 e. The summed E-state index contributed by atoms with van der Waals surface area (Å²) >= 11 is 0. The van der Waals surface area contributed by atoms with Gasteiger partial charge in [0, 0.05) is 43.1 Å². The Morgan fingerprint density at radius 3 is 2.46 bits per heavy atom. The van der Waals surface area contributed by atoms with Gasteiger partial charge in [0.05, 0.1) is 6.54 Å². The topological polar surface area (TPSA) is 83.6 Å². The number of hydrogen-bond donors (Lipinski definition) is 2. The van der Waals surface area contributed by atoms with Crippen molar-refractivity contribution >= 4 is 12.0 Å². The van der Waals surface area contributed by atoms with Gasteiger partial charge >= 0.3 is 6.09 Å². The van der Waals surface area contributed by atoms with Crippen molar-refractivity contribution in [1.29, 1.82) is 0 Å². The second kappa shape index (κ2) is 11.2. The van der Waals surface area contributed by atoms with Crippen molar-refractivity contribution in [3.63, 3.8) is 0 Å². The predicted molar refractivity (Wildman–Crippen MR) is 139 cm³/mol. The number of alkyl carbamates (subject to hydrolysis) is 1. The van der Waals surface area contributed by atoms with Crippen molar-refractivity contribution in [1.82, 2.24) is 20.5 Å². The van der Waals surface area contributed by atoms with Crippen molar-refractivity contribution in [2.45, 2.75) is 73.6 Å². The van der Waals surface area contributed by atoms with Crippen molar-refractivity contribution in [3.05, 3.63) is 52.3 Å². The highest BCUT2D eigenvalue weighted by Gasteiger charge is 2.25. The maximum Gasteiger partial charge on any atom is 0.407 e. The van der Waals surface area contributed by atoms with E-state index in [2.05, 4.69) is 60.6 Å². The van der Waals surface area contributed by atoms with Gasteiger partial charge in [0.15, 0.2) is 0 Å². The van der Waals surface area contributed by atoms with Crippen LogP contribution < -0.4 is 10.6 Å². The van der Waals surface area contributed by atoms with Crippen LogP contribution in [-0.4, -0.2) is 47.1 Å². The monoisotopic (exact) mass is 480 g/mol. The van der Waals surface area contributed by atoms with E-state index in [1.165, 1.54) is 5.56 Å². The van der Waals surface area contributed by atoms with Crippen molar-refractivity contribution in [2.24, 2.45) is 5.92 Å². The Balaban J connectivity index is 2.11. The third-order valence-corrected chi connectivity index (χ3v) is 5.94. The predicted octanol–water partition coefficient (Wildman–Crippen LogP) is 4.52. The molecule has 3 rings (SSSR count). The van der Waals surface area contributed by atoms with Gasteiger partial charge < -0.3 is 15.4 Å². The number of aryl methyl sites for hydroxylation is 2. The molecule has 1 aromatic heterocycles. The number of carbonyl (C=O) groups is 2. The lowest BCUT2D eigenvalue weighted by Crippen LogP contribution is -2.47. The Morgan fingerprint density at radius 2 is 1.86 bits per heavy atom. The van der Waals surface area contributed by atoms with Gasteiger partial charge in [-0.05, 0) is 63.6 Å². The third-order valence-electron chi connectivity index (χ3n) is 5.94. The Kier molecular flexibility index (Phi) is 8.54. The average Bonchev–Trinajstić information content (AvgIpc) is 2.74. The number of carbonyl (C=O) groups excluding carboxylic acids is 2. The summed E-state index contributed by atoms with van der Waals surface area (Å²) in [6.45, 7) is 16.8. The smallest absolute Gasteiger partial charge is 0.407 e. The molecule has 1 saturated heterocycles. The molecule has 0 spiro atoms. The molecule has 1 aliphatic rings. The molecular weight excluding hydrogens is 440 g/mol. The summed E-state index contributed by atoms with van der Waals surface area (Å²) in [5.41, 5.74) is 6.85. The summed E-state index contributed by atoms with van der Waals surface area (Å²) in [5.74, 6) is 0.451. The molecular formula is C28H40N4O3. The van der Waals surface area contributed by atoms with Crippen LogP contribution in [0, 0.1) is 19.8 Å². The molecule has 0 saturated carbocycles. The Morgan fingerprint density at radius 1 is 1.17 bits per heavy atom. The van der Waals surface area contributed by atoms with Gasteiger partial charge in [0.1, 0.15) is 5.60 Å². The minimum Gasteiger partial charge on any atom is -0.444 e. The number of ether oxygens (including phenoxy) is 1. The number of aromatic nitrogens is 1. The van der Waals surface area contributed by atoms with E-state index in [1.807, 2.05) is 27.7 Å². The highest BCUT2D eigenvalue weighted by atomic mass is 16.6. The summed E-state index contributed by atoms with van der Waals surface area (Å²) in [6, 6.07) is 8.48. The van der Waals surface area contributed by atoms with E-state index >= 15 is 0 Å². The second-order valence-corrected chi connectivity index (χ2v) is 10.9. The molecule has 0 bridgehead atoms. The van der Waals surface area contributed by atoms with E-state index in [9.17, 15) is 9.59 Å². The standard InChI is InChI=1S/C28H40N4O3/c1-18(2)14-24-22(15-30-27(34)35-28(5,6)7)26(21-10-8-19(3)9-11-21)23(20(4)31-24)16-32-13-12-29-25(33)17-32/h8-11,18H,12-17H2,1-7H3,(H,29,33)(H,30,34). The molecule has 0 radical (unpaired) electrons. The van der Waals surface area contributed by atoms with Crippen LogP contribution in [0.2, 0.25) is 0 Å². The number of nitrogens with zero attached hydrogens (tertiary/aromatic N) is 2. The zero-order valence-electron chi connectivity index (χ0n) is 22.2. The Bertz CT molecular complexity index is 1060. The zero-order chi connectivity index (χ0) is 25.8. The summed E-state index contributed by atoms with van der Waals surface area (Å²) in [4.78, 5) is 31.8. The number of pyridine rings is 1. The van der Waals surface area contributed by atoms with E-state index in [4.69, 9.17) is 9.72 Å². The normalized spacial score (nSPS) is 14.7. The zero-order valence-corrected chi connectivity index (χ0v) is 22.2. The number of amides is 2. The molecule has 7 heteroatoms. The number of hydrogen-bond acceptors (Lipinski definition) is 5. The van der Waals surface area contributed by atoms with E-state index in [1.54, 1.807) is 0 Å². The maximum atomic E-state index is 12.6. The van der Waals surface area contributed by atoms with Gasteiger partial charge in [-0.1, -0.05) is 43.7 Å². The highest BCUT2D eigenvalue weighted by Crippen LogP contribution is 2.34. The third kappa shape index (κ3) is 7.52. The van der Waals surface area contributed by atoms with Gasteiger partial charge in [-0.3, -0.25) is 14.7 Å². The van der Waals surface area contributed by atoms with Crippen molar-refractivity contribution in [3.8, 4) is 11.1 Å². The molecule has 0 atom stereocenters. The number of benzene rings is 1. The van der Waals surface area contributed by atoms with E-state index in [-0.39, 0.29) is 5.91 Å². The molecule has 0 aliphatic carbocycles. The lowest BCUT2D eigenvalue weighted by molar-refractivity contribution is -0.124. The first-order valence-electron chi connectivity index (χ1n) is 12.5. The SMILES string of the molecule is Cc1ccc(-c2c(CN3CCNC(=O)C3)c(C)nc(CC(C)C)c2CNC(=O)OC(C)(C)C)cc1. The average molecular weight is 481 g/mol. The van der Waals surface area contributed by atoms with Crippen LogP contribution in [0.3, 0.4) is 0 Å². The van der Waals surface area contributed by atoms with E-state index in [0.29, 0.717) is 32.1 Å². The fourth-order valence-electron chi connectivity index (χ4n) is 4.38. The van der Waals surface area contributed by atoms with Crippen LogP contribution in [0.1, 0.15) is 62.7 Å². The maximum absolute atomic E-state index is 12.6. The summed E-state index contributed by atoms with van der Waals surface area (Å²) in [7, 11) is 0. The molecule has 2 N–H and O–H groups in total. The van der Waals surface area contributed by atoms with Gasteiger partial charge in [0.25, 0.3) is 0 Å². The molecule has 2 aromatic rings. The van der Waals surface area contributed by atoms with E-state index in [0.717, 1.165) is 46.6 Å². The fraction of sp³-hybridized carbons (Fsp3) is 0.536. The minimum absolute atomic E-state index is 0.0435. The van der Waals surface area contributed by atoms with Gasteiger partial charge in [0.2, 0.25) is 5.91 Å². The molecule has 2 heterocycles. The van der Waals surface area contributed by atoms with Crippen LogP contribution in [0.25, 0.3) is 11.1 Å². The molecule has 1 aliphatic heterocycles. The molecule has 1 aromatic carbocycles. The fourth-order valence-corrected chi connectivity index (χ4v) is 4.38.